The first-order valence-electron chi connectivity index (χ1n) is 10.9. The Hall–Kier alpha value is -4.10. The molecule has 5 aromatic rings. The van der Waals surface area contributed by atoms with E-state index in [-0.39, 0.29) is 34.5 Å². The van der Waals surface area contributed by atoms with Crippen molar-refractivity contribution in [3.05, 3.63) is 64.5 Å². The van der Waals surface area contributed by atoms with Gasteiger partial charge in [0.2, 0.25) is 5.95 Å². The van der Waals surface area contributed by atoms with Gasteiger partial charge >= 0.3 is 5.69 Å². The number of H-pyrrole nitrogens is 1. The molecule has 0 fully saturated rings. The van der Waals surface area contributed by atoms with Crippen molar-refractivity contribution in [2.45, 2.75) is 32.1 Å². The molecule has 0 aliphatic rings. The fourth-order valence-electron chi connectivity index (χ4n) is 4.15. The summed E-state index contributed by atoms with van der Waals surface area (Å²) in [4.78, 5) is 22.6. The van der Waals surface area contributed by atoms with E-state index in [2.05, 4.69) is 25.5 Å². The van der Waals surface area contributed by atoms with Gasteiger partial charge in [-0.25, -0.2) is 9.18 Å². The zero-order valence-corrected chi connectivity index (χ0v) is 20.4. The van der Waals surface area contributed by atoms with E-state index < -0.39 is 22.4 Å². The number of aromatic amines is 1. The Kier molecular flexibility index (Phi) is 5.60. The topological polar surface area (TPSA) is 160 Å². The summed E-state index contributed by atoms with van der Waals surface area (Å²) in [6.45, 7) is 5.58. The zero-order valence-electron chi connectivity index (χ0n) is 19.6. The molecule has 0 spiro atoms. The summed E-state index contributed by atoms with van der Waals surface area (Å²) in [5, 5.41) is 10.5. The standard InChI is InChI=1S/C23H23FN8O3S/c1-23(2,3)32-20-18(31(22(32)33)17-6-4-5-15-13(17)10-26-30-15)19(25)28-21(29-20)27-16-8-7-12(9-14(16)24)11-36(34)35/h4-10H,11H2,1-3H3,(H,26,30)(H,34,35)(H3,25,27,28,29)/p-1. The number of nitrogens with one attached hydrogen (secondary N) is 2. The second-order valence-electron chi connectivity index (χ2n) is 9.22. The van der Waals surface area contributed by atoms with Crippen LogP contribution in [0.25, 0.3) is 27.8 Å². The number of imidazole rings is 1. The van der Waals surface area contributed by atoms with Crippen LogP contribution in [0.4, 0.5) is 21.8 Å². The number of halogens is 1. The van der Waals surface area contributed by atoms with Gasteiger partial charge in [-0.1, -0.05) is 23.2 Å². The van der Waals surface area contributed by atoms with Gasteiger partial charge in [-0.2, -0.15) is 15.1 Å². The minimum absolute atomic E-state index is 0.0156. The van der Waals surface area contributed by atoms with E-state index in [1.807, 2.05) is 26.8 Å². The number of nitrogens with zero attached hydrogens (tertiary/aromatic N) is 5. The number of anilines is 3. The van der Waals surface area contributed by atoms with Gasteiger partial charge in [-0.15, -0.1) is 0 Å². The molecule has 3 aromatic heterocycles. The SMILES string of the molecule is CC(C)(C)n1c(=O)n(-c2cccc3[nH]ncc23)c2c(N)nc(Nc3ccc(CS(=O)[O-])cc3F)nc21. The smallest absolute Gasteiger partial charge is 0.335 e. The van der Waals surface area contributed by atoms with Crippen molar-refractivity contribution < 1.29 is 13.2 Å². The van der Waals surface area contributed by atoms with Crippen LogP contribution in [0.3, 0.4) is 0 Å². The summed E-state index contributed by atoms with van der Waals surface area (Å²) in [5.74, 6) is -0.989. The van der Waals surface area contributed by atoms with E-state index in [1.165, 1.54) is 21.3 Å². The summed E-state index contributed by atoms with van der Waals surface area (Å²) in [6, 6.07) is 9.41. The molecule has 0 aliphatic heterocycles. The normalized spacial score (nSPS) is 12.9. The van der Waals surface area contributed by atoms with Crippen LogP contribution in [-0.4, -0.2) is 38.1 Å². The number of nitrogen functional groups attached to an aromatic ring is 1. The Morgan fingerprint density at radius 3 is 2.69 bits per heavy atom. The first-order valence-corrected chi connectivity index (χ1v) is 12.1. The van der Waals surface area contributed by atoms with Crippen molar-refractivity contribution in [1.29, 1.82) is 0 Å². The summed E-state index contributed by atoms with van der Waals surface area (Å²) >= 11 is -2.34. The third kappa shape index (κ3) is 4.01. The Bertz CT molecular complexity index is 1720. The third-order valence-electron chi connectivity index (χ3n) is 5.65. The summed E-state index contributed by atoms with van der Waals surface area (Å²) < 4.78 is 39.4. The molecule has 0 amide bonds. The van der Waals surface area contributed by atoms with Crippen LogP contribution in [-0.2, 0) is 22.4 Å². The molecule has 2 aromatic carbocycles. The molecule has 1 unspecified atom stereocenters. The van der Waals surface area contributed by atoms with Crippen molar-refractivity contribution in [2.24, 2.45) is 0 Å². The lowest BCUT2D eigenvalue weighted by atomic mass is 10.1. The first-order chi connectivity index (χ1) is 17.0. The number of benzene rings is 2. The minimum atomic E-state index is -2.34. The second-order valence-corrected chi connectivity index (χ2v) is 10.1. The highest BCUT2D eigenvalue weighted by atomic mass is 32.2. The lowest BCUT2D eigenvalue weighted by Crippen LogP contribution is -2.34. The number of rotatable bonds is 5. The van der Waals surface area contributed by atoms with Crippen LogP contribution in [0.1, 0.15) is 26.3 Å². The number of fused-ring (bicyclic) bond motifs is 2. The van der Waals surface area contributed by atoms with Crippen LogP contribution in [0.2, 0.25) is 0 Å². The third-order valence-corrected chi connectivity index (χ3v) is 6.22. The molecule has 4 N–H and O–H groups in total. The van der Waals surface area contributed by atoms with E-state index in [0.29, 0.717) is 16.8 Å². The Balaban J connectivity index is 1.70. The highest BCUT2D eigenvalue weighted by molar-refractivity contribution is 7.78. The fraction of sp³-hybridized carbons (Fsp3) is 0.217. The Morgan fingerprint density at radius 2 is 2.00 bits per heavy atom. The predicted octanol–water partition coefficient (Wildman–Crippen LogP) is 3.06. The van der Waals surface area contributed by atoms with E-state index in [9.17, 15) is 17.9 Å². The highest BCUT2D eigenvalue weighted by Crippen LogP contribution is 2.30. The molecule has 11 nitrogen and oxygen atoms in total. The number of hydrogen-bond acceptors (Lipinski definition) is 8. The van der Waals surface area contributed by atoms with Gasteiger partial charge < -0.3 is 15.6 Å². The number of hydrogen-bond donors (Lipinski definition) is 3. The van der Waals surface area contributed by atoms with Crippen molar-refractivity contribution in [2.75, 3.05) is 11.1 Å². The van der Waals surface area contributed by atoms with Gasteiger partial charge in [-0.05, 0) is 50.6 Å². The summed E-state index contributed by atoms with van der Waals surface area (Å²) in [6.07, 6.45) is 1.62. The lowest BCUT2D eigenvalue weighted by molar-refractivity contribution is 0.392. The predicted molar refractivity (Wildman–Crippen MR) is 134 cm³/mol. The molecule has 0 bridgehead atoms. The molecule has 0 saturated heterocycles. The van der Waals surface area contributed by atoms with Crippen LogP contribution in [0.5, 0.6) is 0 Å². The maximum atomic E-state index is 14.7. The van der Waals surface area contributed by atoms with Crippen molar-refractivity contribution in [3.8, 4) is 5.69 Å². The average molecular weight is 510 g/mol. The molecule has 1 atom stereocenters. The fourth-order valence-corrected chi connectivity index (χ4v) is 4.61. The second kappa shape index (κ2) is 8.53. The molecule has 0 radical (unpaired) electrons. The number of aromatic nitrogens is 6. The molecule has 5 rings (SSSR count). The summed E-state index contributed by atoms with van der Waals surface area (Å²) in [5.41, 5.74) is 7.52. The van der Waals surface area contributed by atoms with Crippen molar-refractivity contribution in [3.63, 3.8) is 0 Å². The lowest BCUT2D eigenvalue weighted by Gasteiger charge is -2.20. The first kappa shape index (κ1) is 23.6. The molecule has 3 heterocycles. The van der Waals surface area contributed by atoms with E-state index in [0.717, 1.165) is 17.0 Å². The Morgan fingerprint density at radius 1 is 1.22 bits per heavy atom. The van der Waals surface area contributed by atoms with Gasteiger partial charge in [0.15, 0.2) is 11.5 Å². The average Bonchev–Trinajstić information content (AvgIpc) is 3.37. The van der Waals surface area contributed by atoms with Gasteiger partial charge in [0.05, 0.1) is 23.1 Å². The van der Waals surface area contributed by atoms with E-state index >= 15 is 0 Å². The van der Waals surface area contributed by atoms with Crippen LogP contribution in [0, 0.1) is 5.82 Å². The maximum Gasteiger partial charge on any atom is 0.335 e. The molecule has 13 heteroatoms. The minimum Gasteiger partial charge on any atom is -0.772 e. The van der Waals surface area contributed by atoms with Crippen LogP contribution in [0.15, 0.2) is 47.4 Å². The van der Waals surface area contributed by atoms with Crippen LogP contribution < -0.4 is 16.7 Å². The molecular weight excluding hydrogens is 487 g/mol. The molecular formula is C23H22FN8O3S-. The molecule has 186 valence electrons. The largest absolute Gasteiger partial charge is 0.772 e. The van der Waals surface area contributed by atoms with Gasteiger partial charge in [0, 0.05) is 16.7 Å². The van der Waals surface area contributed by atoms with E-state index in [4.69, 9.17) is 5.73 Å². The van der Waals surface area contributed by atoms with Gasteiger partial charge in [0.25, 0.3) is 0 Å². The number of nitrogens with two attached hydrogens (primary N) is 1. The van der Waals surface area contributed by atoms with Crippen LogP contribution >= 0.6 is 0 Å². The quantitative estimate of drug-likeness (QED) is 0.305. The highest BCUT2D eigenvalue weighted by Gasteiger charge is 2.28. The summed E-state index contributed by atoms with van der Waals surface area (Å²) in [7, 11) is 0. The van der Waals surface area contributed by atoms with E-state index in [1.54, 1.807) is 18.3 Å². The molecule has 36 heavy (non-hydrogen) atoms. The van der Waals surface area contributed by atoms with Gasteiger partial charge in [-0.3, -0.25) is 18.4 Å². The zero-order chi connectivity index (χ0) is 25.8. The molecule has 0 aliphatic carbocycles. The van der Waals surface area contributed by atoms with Crippen molar-refractivity contribution >= 4 is 50.6 Å². The van der Waals surface area contributed by atoms with Crippen molar-refractivity contribution in [1.82, 2.24) is 29.3 Å². The monoisotopic (exact) mass is 509 g/mol. The maximum absolute atomic E-state index is 14.7. The van der Waals surface area contributed by atoms with Gasteiger partial charge in [0.1, 0.15) is 11.3 Å². The molecule has 0 saturated carbocycles. The Labute approximate surface area is 206 Å².